The normalized spacial score (nSPS) is 10.1. The van der Waals surface area contributed by atoms with E-state index in [9.17, 15) is 0 Å². The maximum atomic E-state index is 4.07. The van der Waals surface area contributed by atoms with Crippen molar-refractivity contribution in [2.24, 2.45) is 0 Å². The number of hydrogen-bond acceptors (Lipinski definition) is 4. The van der Waals surface area contributed by atoms with Gasteiger partial charge in [-0.25, -0.2) is 19.6 Å². The van der Waals surface area contributed by atoms with Crippen LogP contribution < -0.4 is 0 Å². The van der Waals surface area contributed by atoms with Gasteiger partial charge in [-0.2, -0.15) is 5.10 Å². The van der Waals surface area contributed by atoms with Crippen LogP contribution in [0, 0.1) is 6.92 Å². The average molecular weight is 161 g/mol. The Bertz CT molecular complexity index is 367. The van der Waals surface area contributed by atoms with Crippen molar-refractivity contribution in [2.75, 3.05) is 0 Å². The minimum atomic E-state index is 0.766. The summed E-state index contributed by atoms with van der Waals surface area (Å²) in [5.41, 5.74) is 0.975. The van der Waals surface area contributed by atoms with Crippen LogP contribution >= 0.6 is 0 Å². The van der Waals surface area contributed by atoms with Crippen molar-refractivity contribution in [1.82, 2.24) is 24.7 Å². The standard InChI is InChI=1S/C7H7N5/c1-6-2-8-3-10-7(6)12-5-9-4-11-12/h2-5H,1H3. The largest absolute Gasteiger partial charge is 0.244 e. The molecule has 0 N–H and O–H groups in total. The minimum Gasteiger partial charge on any atom is -0.244 e. The molecule has 5 heteroatoms. The first kappa shape index (κ1) is 6.90. The number of hydrogen-bond donors (Lipinski definition) is 0. The summed E-state index contributed by atoms with van der Waals surface area (Å²) in [7, 11) is 0. The molecule has 2 aromatic heterocycles. The van der Waals surface area contributed by atoms with E-state index in [-0.39, 0.29) is 0 Å². The van der Waals surface area contributed by atoms with Crippen molar-refractivity contribution in [1.29, 1.82) is 0 Å². The van der Waals surface area contributed by atoms with Crippen LogP contribution in [0.4, 0.5) is 0 Å². The summed E-state index contributed by atoms with van der Waals surface area (Å²) in [5, 5.41) is 3.96. The van der Waals surface area contributed by atoms with Crippen molar-refractivity contribution in [3.8, 4) is 5.82 Å². The molecule has 5 nitrogen and oxygen atoms in total. The zero-order chi connectivity index (χ0) is 8.39. The second kappa shape index (κ2) is 2.69. The van der Waals surface area contributed by atoms with Crippen LogP contribution in [-0.4, -0.2) is 24.7 Å². The van der Waals surface area contributed by atoms with Gasteiger partial charge in [0, 0.05) is 11.8 Å². The van der Waals surface area contributed by atoms with Gasteiger partial charge in [-0.05, 0) is 6.92 Å². The van der Waals surface area contributed by atoms with Gasteiger partial charge in [0.05, 0.1) is 0 Å². The molecule has 0 amide bonds. The Balaban J connectivity index is 2.55. The van der Waals surface area contributed by atoms with Crippen LogP contribution in [-0.2, 0) is 0 Å². The Morgan fingerprint density at radius 1 is 1.25 bits per heavy atom. The van der Waals surface area contributed by atoms with Crippen molar-refractivity contribution >= 4 is 0 Å². The van der Waals surface area contributed by atoms with E-state index in [2.05, 4.69) is 20.1 Å². The molecule has 0 aromatic carbocycles. The third kappa shape index (κ3) is 1.05. The number of aryl methyl sites for hydroxylation is 1. The molecule has 0 saturated carbocycles. The monoisotopic (exact) mass is 161 g/mol. The fraction of sp³-hybridized carbons (Fsp3) is 0.143. The third-order valence-electron chi connectivity index (χ3n) is 1.50. The smallest absolute Gasteiger partial charge is 0.161 e. The summed E-state index contributed by atoms with van der Waals surface area (Å²) in [4.78, 5) is 11.8. The van der Waals surface area contributed by atoms with Gasteiger partial charge >= 0.3 is 0 Å². The van der Waals surface area contributed by atoms with Crippen LogP contribution in [0.15, 0.2) is 25.2 Å². The maximum Gasteiger partial charge on any atom is 0.161 e. The van der Waals surface area contributed by atoms with Gasteiger partial charge in [0.25, 0.3) is 0 Å². The van der Waals surface area contributed by atoms with Gasteiger partial charge in [0.2, 0.25) is 0 Å². The lowest BCUT2D eigenvalue weighted by molar-refractivity contribution is 0.827. The summed E-state index contributed by atoms with van der Waals surface area (Å²) in [6.45, 7) is 1.93. The predicted octanol–water partition coefficient (Wildman–Crippen LogP) is 0.366. The van der Waals surface area contributed by atoms with Crippen molar-refractivity contribution in [3.05, 3.63) is 30.7 Å². The second-order valence-electron chi connectivity index (χ2n) is 2.37. The van der Waals surface area contributed by atoms with Crippen LogP contribution in [0.25, 0.3) is 5.82 Å². The highest BCUT2D eigenvalue weighted by molar-refractivity contribution is 5.27. The van der Waals surface area contributed by atoms with E-state index >= 15 is 0 Å². The molecule has 0 unspecified atom stereocenters. The Morgan fingerprint density at radius 3 is 2.83 bits per heavy atom. The highest BCUT2D eigenvalue weighted by Crippen LogP contribution is 2.04. The van der Waals surface area contributed by atoms with Gasteiger partial charge in [-0.3, -0.25) is 0 Å². The van der Waals surface area contributed by atoms with Gasteiger partial charge in [-0.15, -0.1) is 0 Å². The Kier molecular flexibility index (Phi) is 1.55. The molecule has 0 spiro atoms. The van der Waals surface area contributed by atoms with E-state index < -0.39 is 0 Å². The predicted molar refractivity (Wildman–Crippen MR) is 41.7 cm³/mol. The molecule has 0 aliphatic rings. The number of rotatable bonds is 1. The zero-order valence-electron chi connectivity index (χ0n) is 6.55. The Labute approximate surface area is 69.1 Å². The summed E-state index contributed by atoms with van der Waals surface area (Å²) >= 11 is 0. The summed E-state index contributed by atoms with van der Waals surface area (Å²) < 4.78 is 1.61. The highest BCUT2D eigenvalue weighted by Gasteiger charge is 2.00. The number of aromatic nitrogens is 5. The third-order valence-corrected chi connectivity index (χ3v) is 1.50. The first-order chi connectivity index (χ1) is 5.88. The molecule has 0 aliphatic heterocycles. The highest BCUT2D eigenvalue weighted by atomic mass is 15.3. The number of nitrogens with zero attached hydrogens (tertiary/aromatic N) is 5. The molecule has 2 aromatic rings. The molecule has 0 atom stereocenters. The second-order valence-corrected chi connectivity index (χ2v) is 2.37. The van der Waals surface area contributed by atoms with E-state index in [0.29, 0.717) is 0 Å². The van der Waals surface area contributed by atoms with Crippen LogP contribution in [0.5, 0.6) is 0 Å². The van der Waals surface area contributed by atoms with Gasteiger partial charge in [-0.1, -0.05) is 0 Å². The summed E-state index contributed by atoms with van der Waals surface area (Å²) in [5.74, 6) is 0.766. The average Bonchev–Trinajstić information content (AvgIpc) is 2.57. The molecule has 0 aliphatic carbocycles. The van der Waals surface area contributed by atoms with E-state index in [1.165, 1.54) is 12.7 Å². The van der Waals surface area contributed by atoms with Gasteiger partial charge < -0.3 is 0 Å². The maximum absolute atomic E-state index is 4.07. The van der Waals surface area contributed by atoms with Crippen molar-refractivity contribution in [2.45, 2.75) is 6.92 Å². The summed E-state index contributed by atoms with van der Waals surface area (Å²) in [6, 6.07) is 0. The van der Waals surface area contributed by atoms with Crippen LogP contribution in [0.3, 0.4) is 0 Å². The van der Waals surface area contributed by atoms with E-state index in [4.69, 9.17) is 0 Å². The Hall–Kier alpha value is -1.78. The topological polar surface area (TPSA) is 56.5 Å². The van der Waals surface area contributed by atoms with Crippen LogP contribution in [0.2, 0.25) is 0 Å². The molecule has 0 saturated heterocycles. The fourth-order valence-corrected chi connectivity index (χ4v) is 0.950. The van der Waals surface area contributed by atoms with Gasteiger partial charge in [0.1, 0.15) is 19.0 Å². The van der Waals surface area contributed by atoms with E-state index in [1.807, 2.05) is 6.92 Å². The molecule has 0 radical (unpaired) electrons. The molecule has 2 heterocycles. The summed E-state index contributed by atoms with van der Waals surface area (Å²) in [6.07, 6.45) is 6.31. The lowest BCUT2D eigenvalue weighted by Crippen LogP contribution is -2.00. The van der Waals surface area contributed by atoms with Crippen molar-refractivity contribution in [3.63, 3.8) is 0 Å². The SMILES string of the molecule is Cc1cncnc1-n1cncn1. The molecule has 2 rings (SSSR count). The Morgan fingerprint density at radius 2 is 2.17 bits per heavy atom. The first-order valence-corrected chi connectivity index (χ1v) is 3.49. The lowest BCUT2D eigenvalue weighted by Gasteiger charge is -2.00. The zero-order valence-corrected chi connectivity index (χ0v) is 6.55. The molecule has 0 bridgehead atoms. The minimum absolute atomic E-state index is 0.766. The molecule has 60 valence electrons. The quantitative estimate of drug-likeness (QED) is 0.606. The fourth-order valence-electron chi connectivity index (χ4n) is 0.950. The van der Waals surface area contributed by atoms with E-state index in [0.717, 1.165) is 11.4 Å². The lowest BCUT2D eigenvalue weighted by atomic mass is 10.3. The van der Waals surface area contributed by atoms with Gasteiger partial charge in [0.15, 0.2) is 5.82 Å². The van der Waals surface area contributed by atoms with Crippen LogP contribution in [0.1, 0.15) is 5.56 Å². The molecule has 0 fully saturated rings. The molecule has 12 heavy (non-hydrogen) atoms. The van der Waals surface area contributed by atoms with E-state index in [1.54, 1.807) is 17.2 Å². The van der Waals surface area contributed by atoms with Crippen molar-refractivity contribution < 1.29 is 0 Å². The first-order valence-electron chi connectivity index (χ1n) is 3.49. The molecular formula is C7H7N5. The molecular weight excluding hydrogens is 154 g/mol.